The standard InChI is InChI=1S/C16H20N4O2/c1-16(2,3)14-9-13(18-19-14)15(21)20-17-10-11-5-7-12(22-4)8-6-11/h5-10H,1-4H3,(H,18,19)(H,20,21)/b17-10+. The van der Waals surface area contributed by atoms with Crippen molar-refractivity contribution in [3.8, 4) is 5.75 Å². The summed E-state index contributed by atoms with van der Waals surface area (Å²) >= 11 is 0. The Morgan fingerprint density at radius 3 is 2.55 bits per heavy atom. The van der Waals surface area contributed by atoms with E-state index in [-0.39, 0.29) is 11.3 Å². The van der Waals surface area contributed by atoms with E-state index in [4.69, 9.17) is 4.74 Å². The summed E-state index contributed by atoms with van der Waals surface area (Å²) in [6, 6.07) is 9.08. The first-order valence-corrected chi connectivity index (χ1v) is 6.93. The Hall–Kier alpha value is -2.63. The summed E-state index contributed by atoms with van der Waals surface area (Å²) < 4.78 is 5.07. The second-order valence-corrected chi connectivity index (χ2v) is 5.89. The quantitative estimate of drug-likeness (QED) is 0.672. The number of aromatic nitrogens is 2. The minimum Gasteiger partial charge on any atom is -0.497 e. The molecule has 0 unspecified atom stereocenters. The van der Waals surface area contributed by atoms with Crippen molar-refractivity contribution < 1.29 is 9.53 Å². The van der Waals surface area contributed by atoms with E-state index < -0.39 is 0 Å². The lowest BCUT2D eigenvalue weighted by molar-refractivity contribution is 0.0950. The fourth-order valence-corrected chi connectivity index (χ4v) is 1.73. The highest BCUT2D eigenvalue weighted by atomic mass is 16.5. The van der Waals surface area contributed by atoms with Gasteiger partial charge in [-0.05, 0) is 35.9 Å². The number of nitrogens with zero attached hydrogens (tertiary/aromatic N) is 2. The maximum Gasteiger partial charge on any atom is 0.291 e. The third kappa shape index (κ3) is 3.94. The molecule has 2 N–H and O–H groups in total. The molecule has 22 heavy (non-hydrogen) atoms. The Balaban J connectivity index is 1.97. The van der Waals surface area contributed by atoms with Gasteiger partial charge in [0.25, 0.3) is 5.91 Å². The summed E-state index contributed by atoms with van der Waals surface area (Å²) in [5, 5.41) is 10.8. The Bertz CT molecular complexity index is 666. The minimum atomic E-state index is -0.350. The lowest BCUT2D eigenvalue weighted by Gasteiger charge is -2.14. The third-order valence-corrected chi connectivity index (χ3v) is 3.11. The molecule has 6 heteroatoms. The molecule has 0 saturated heterocycles. The first-order chi connectivity index (χ1) is 10.4. The van der Waals surface area contributed by atoms with Crippen LogP contribution in [0.2, 0.25) is 0 Å². The van der Waals surface area contributed by atoms with E-state index in [1.807, 2.05) is 45.0 Å². The highest BCUT2D eigenvalue weighted by Crippen LogP contribution is 2.20. The number of methoxy groups -OCH3 is 1. The average molecular weight is 300 g/mol. The molecule has 0 radical (unpaired) electrons. The number of carbonyl (C=O) groups is 1. The van der Waals surface area contributed by atoms with Crippen molar-refractivity contribution in [3.05, 3.63) is 47.3 Å². The van der Waals surface area contributed by atoms with E-state index in [1.54, 1.807) is 19.4 Å². The van der Waals surface area contributed by atoms with E-state index in [0.29, 0.717) is 5.69 Å². The number of amides is 1. The maximum absolute atomic E-state index is 11.9. The number of ether oxygens (including phenoxy) is 1. The second kappa shape index (κ2) is 6.43. The fraction of sp³-hybridized carbons (Fsp3) is 0.312. The lowest BCUT2D eigenvalue weighted by atomic mass is 9.92. The highest BCUT2D eigenvalue weighted by Gasteiger charge is 2.18. The molecular formula is C16H20N4O2. The molecule has 2 aromatic rings. The number of nitrogens with one attached hydrogen (secondary N) is 2. The first kappa shape index (κ1) is 15.8. The maximum atomic E-state index is 11.9. The van der Waals surface area contributed by atoms with E-state index >= 15 is 0 Å². The predicted octanol–water partition coefficient (Wildman–Crippen LogP) is 2.48. The molecule has 0 atom stereocenters. The lowest BCUT2D eigenvalue weighted by Crippen LogP contribution is -2.18. The highest BCUT2D eigenvalue weighted by molar-refractivity contribution is 5.93. The molecule has 1 heterocycles. The molecular weight excluding hydrogens is 280 g/mol. The molecule has 0 aliphatic rings. The van der Waals surface area contributed by atoms with Gasteiger partial charge in [0.2, 0.25) is 0 Å². The van der Waals surface area contributed by atoms with Gasteiger partial charge in [-0.1, -0.05) is 20.8 Å². The van der Waals surface area contributed by atoms with Crippen molar-refractivity contribution in [3.63, 3.8) is 0 Å². The number of hydrogen-bond donors (Lipinski definition) is 2. The predicted molar refractivity (Wildman–Crippen MR) is 85.3 cm³/mol. The molecule has 1 aromatic carbocycles. The zero-order chi connectivity index (χ0) is 16.2. The number of rotatable bonds is 4. The second-order valence-electron chi connectivity index (χ2n) is 5.89. The summed E-state index contributed by atoms with van der Waals surface area (Å²) in [5.41, 5.74) is 4.45. The molecule has 1 amide bonds. The number of carbonyl (C=O) groups excluding carboxylic acids is 1. The Labute approximate surface area is 129 Å². The summed E-state index contributed by atoms with van der Waals surface area (Å²) in [6.07, 6.45) is 1.56. The third-order valence-electron chi connectivity index (χ3n) is 3.11. The van der Waals surface area contributed by atoms with Crippen LogP contribution in [0.25, 0.3) is 0 Å². The van der Waals surface area contributed by atoms with Gasteiger partial charge in [0.1, 0.15) is 5.75 Å². The number of hydrogen-bond acceptors (Lipinski definition) is 4. The Morgan fingerprint density at radius 1 is 1.32 bits per heavy atom. The normalized spacial score (nSPS) is 11.6. The van der Waals surface area contributed by atoms with Gasteiger partial charge in [0, 0.05) is 11.1 Å². The number of H-pyrrole nitrogens is 1. The van der Waals surface area contributed by atoms with Crippen molar-refractivity contribution >= 4 is 12.1 Å². The van der Waals surface area contributed by atoms with Crippen molar-refractivity contribution in [2.45, 2.75) is 26.2 Å². The van der Waals surface area contributed by atoms with Gasteiger partial charge in [-0.2, -0.15) is 10.2 Å². The van der Waals surface area contributed by atoms with Gasteiger partial charge in [0.15, 0.2) is 5.69 Å². The van der Waals surface area contributed by atoms with Gasteiger partial charge in [-0.3, -0.25) is 9.89 Å². The molecule has 0 spiro atoms. The minimum absolute atomic E-state index is 0.0854. The van der Waals surface area contributed by atoms with E-state index in [9.17, 15) is 4.79 Å². The Morgan fingerprint density at radius 2 is 2.00 bits per heavy atom. The Kier molecular flexibility index (Phi) is 4.60. The molecule has 0 saturated carbocycles. The van der Waals surface area contributed by atoms with Crippen LogP contribution in [0.3, 0.4) is 0 Å². The number of aromatic amines is 1. The van der Waals surface area contributed by atoms with E-state index in [0.717, 1.165) is 17.0 Å². The number of benzene rings is 1. The largest absolute Gasteiger partial charge is 0.497 e. The molecule has 0 aliphatic carbocycles. The molecule has 116 valence electrons. The van der Waals surface area contributed by atoms with Crippen LogP contribution in [0.5, 0.6) is 5.75 Å². The van der Waals surface area contributed by atoms with Crippen LogP contribution in [-0.2, 0) is 5.41 Å². The van der Waals surface area contributed by atoms with Crippen LogP contribution in [0.4, 0.5) is 0 Å². The summed E-state index contributed by atoms with van der Waals surface area (Å²) in [5.74, 6) is 0.420. The van der Waals surface area contributed by atoms with Gasteiger partial charge >= 0.3 is 0 Å². The van der Waals surface area contributed by atoms with Gasteiger partial charge < -0.3 is 4.74 Å². The van der Waals surface area contributed by atoms with Crippen molar-refractivity contribution in [1.29, 1.82) is 0 Å². The van der Waals surface area contributed by atoms with Crippen molar-refractivity contribution in [2.24, 2.45) is 5.10 Å². The van der Waals surface area contributed by atoms with Crippen LogP contribution in [0.15, 0.2) is 35.4 Å². The van der Waals surface area contributed by atoms with Gasteiger partial charge in [-0.25, -0.2) is 5.43 Å². The average Bonchev–Trinajstić information content (AvgIpc) is 2.98. The van der Waals surface area contributed by atoms with Crippen LogP contribution in [0, 0.1) is 0 Å². The topological polar surface area (TPSA) is 79.4 Å². The summed E-state index contributed by atoms with van der Waals surface area (Å²) in [4.78, 5) is 11.9. The van der Waals surface area contributed by atoms with Crippen LogP contribution >= 0.6 is 0 Å². The molecule has 6 nitrogen and oxygen atoms in total. The van der Waals surface area contributed by atoms with E-state index in [2.05, 4.69) is 20.7 Å². The zero-order valence-electron chi connectivity index (χ0n) is 13.2. The monoisotopic (exact) mass is 300 g/mol. The molecule has 2 rings (SSSR count). The van der Waals surface area contributed by atoms with Gasteiger partial charge in [0.05, 0.1) is 13.3 Å². The molecule has 0 bridgehead atoms. The fourth-order valence-electron chi connectivity index (χ4n) is 1.73. The van der Waals surface area contributed by atoms with Crippen molar-refractivity contribution in [2.75, 3.05) is 7.11 Å². The van der Waals surface area contributed by atoms with E-state index in [1.165, 1.54) is 0 Å². The smallest absolute Gasteiger partial charge is 0.291 e. The molecule has 1 aromatic heterocycles. The van der Waals surface area contributed by atoms with Crippen molar-refractivity contribution in [1.82, 2.24) is 15.6 Å². The van der Waals surface area contributed by atoms with Crippen LogP contribution < -0.4 is 10.2 Å². The van der Waals surface area contributed by atoms with Crippen LogP contribution in [-0.4, -0.2) is 29.4 Å². The number of hydrazone groups is 1. The summed E-state index contributed by atoms with van der Waals surface area (Å²) in [7, 11) is 1.61. The van der Waals surface area contributed by atoms with Crippen LogP contribution in [0.1, 0.15) is 42.5 Å². The first-order valence-electron chi connectivity index (χ1n) is 6.93. The molecule has 0 aliphatic heterocycles. The zero-order valence-corrected chi connectivity index (χ0v) is 13.2. The SMILES string of the molecule is COc1ccc(/C=N/NC(=O)c2cc(C(C)(C)C)[nH]n2)cc1. The molecule has 0 fully saturated rings. The summed E-state index contributed by atoms with van der Waals surface area (Å²) in [6.45, 7) is 6.14. The van der Waals surface area contributed by atoms with Gasteiger partial charge in [-0.15, -0.1) is 0 Å².